The van der Waals surface area contributed by atoms with Gasteiger partial charge < -0.3 is 15.6 Å². The van der Waals surface area contributed by atoms with Gasteiger partial charge in [0.05, 0.1) is 6.54 Å². The van der Waals surface area contributed by atoms with Crippen LogP contribution in [0, 0.1) is 0 Å². The highest BCUT2D eigenvalue weighted by Crippen LogP contribution is 2.12. The summed E-state index contributed by atoms with van der Waals surface area (Å²) in [6.07, 6.45) is 5.81. The summed E-state index contributed by atoms with van der Waals surface area (Å²) in [5, 5.41) is 3.24. The van der Waals surface area contributed by atoms with E-state index in [0.29, 0.717) is 18.5 Å². The van der Waals surface area contributed by atoms with Gasteiger partial charge >= 0.3 is 0 Å². The molecule has 0 amide bonds. The molecule has 1 aromatic heterocycles. The van der Waals surface area contributed by atoms with E-state index in [0.717, 1.165) is 30.8 Å². The third-order valence-electron chi connectivity index (χ3n) is 2.82. The Bertz CT molecular complexity index is 437. The number of nitrogens with zero attached hydrogens (tertiary/aromatic N) is 3. The molecule has 1 aliphatic rings. The Morgan fingerprint density at radius 1 is 1.72 bits per heavy atom. The largest absolute Gasteiger partial charge is 0.370 e. The van der Waals surface area contributed by atoms with Crippen LogP contribution in [0.3, 0.4) is 0 Å². The molecule has 3 N–H and O–H groups in total. The number of rotatable bonds is 3. The van der Waals surface area contributed by atoms with E-state index < -0.39 is 0 Å². The fraction of sp³-hybridized carbons (Fsp3) is 0.500. The Labute approximate surface area is 125 Å². The first kappa shape index (κ1) is 15.0. The smallest absolute Gasteiger partial charge is 0.189 e. The maximum atomic E-state index is 5.82. The van der Waals surface area contributed by atoms with Gasteiger partial charge in [-0.05, 0) is 13.3 Å². The first-order chi connectivity index (χ1) is 8.15. The van der Waals surface area contributed by atoms with Crippen LogP contribution in [0.1, 0.15) is 19.2 Å². The second-order valence-corrected chi connectivity index (χ2v) is 4.53. The van der Waals surface area contributed by atoms with Crippen molar-refractivity contribution in [1.82, 2.24) is 14.9 Å². The molecular weight excluding hydrogens is 341 g/mol. The number of nitrogens with one attached hydrogen (secondary N) is 1. The Morgan fingerprint density at radius 3 is 3.22 bits per heavy atom. The number of fused-ring (bicyclic) bond motifs is 1. The zero-order valence-electron chi connectivity index (χ0n) is 10.6. The molecule has 1 unspecified atom stereocenters. The lowest BCUT2D eigenvalue weighted by Gasteiger charge is -2.24. The fourth-order valence-corrected chi connectivity index (χ4v) is 1.95. The minimum Gasteiger partial charge on any atom is -0.370 e. The molecule has 1 atom stereocenters. The molecule has 0 saturated carbocycles. The van der Waals surface area contributed by atoms with Crippen LogP contribution in [0.15, 0.2) is 29.5 Å². The van der Waals surface area contributed by atoms with Crippen molar-refractivity contribution >= 4 is 29.9 Å². The summed E-state index contributed by atoms with van der Waals surface area (Å²) in [4.78, 5) is 8.53. The second kappa shape index (κ2) is 6.77. The summed E-state index contributed by atoms with van der Waals surface area (Å²) in [6, 6.07) is 0.332. The number of aryl methyl sites for hydroxylation is 1. The number of aromatic nitrogens is 2. The van der Waals surface area contributed by atoms with E-state index in [-0.39, 0.29) is 24.0 Å². The number of halogens is 1. The van der Waals surface area contributed by atoms with Crippen molar-refractivity contribution in [2.24, 2.45) is 10.7 Å². The lowest BCUT2D eigenvalue weighted by molar-refractivity contribution is 0.434. The highest BCUT2D eigenvalue weighted by Gasteiger charge is 2.19. The first-order valence-corrected chi connectivity index (χ1v) is 5.86. The Hall–Kier alpha value is -1.05. The monoisotopic (exact) mass is 361 g/mol. The molecule has 100 valence electrons. The second-order valence-electron chi connectivity index (χ2n) is 4.53. The van der Waals surface area contributed by atoms with Crippen molar-refractivity contribution in [2.75, 3.05) is 6.54 Å². The summed E-state index contributed by atoms with van der Waals surface area (Å²) in [5.74, 6) is 1.61. The van der Waals surface area contributed by atoms with Crippen LogP contribution in [-0.2, 0) is 13.0 Å². The first-order valence-electron chi connectivity index (χ1n) is 5.86. The van der Waals surface area contributed by atoms with Gasteiger partial charge in [0, 0.05) is 31.4 Å². The van der Waals surface area contributed by atoms with Crippen molar-refractivity contribution in [1.29, 1.82) is 0 Å². The van der Waals surface area contributed by atoms with Gasteiger partial charge in [-0.25, -0.2) is 9.98 Å². The van der Waals surface area contributed by atoms with Crippen LogP contribution in [0.25, 0.3) is 0 Å². The molecule has 0 radical (unpaired) electrons. The number of guanidine groups is 1. The number of hydrogen-bond acceptors (Lipinski definition) is 2. The Morgan fingerprint density at radius 2 is 2.50 bits per heavy atom. The maximum absolute atomic E-state index is 5.82. The highest BCUT2D eigenvalue weighted by molar-refractivity contribution is 14.0. The average Bonchev–Trinajstić information content (AvgIpc) is 2.73. The molecule has 6 heteroatoms. The lowest BCUT2D eigenvalue weighted by Crippen LogP contribution is -2.44. The number of aliphatic imine (C=N–C) groups is 1. The van der Waals surface area contributed by atoms with Crippen molar-refractivity contribution in [2.45, 2.75) is 32.4 Å². The van der Waals surface area contributed by atoms with Gasteiger partial charge in [-0.2, -0.15) is 0 Å². The molecule has 1 aliphatic heterocycles. The Balaban J connectivity index is 0.00000162. The topological polar surface area (TPSA) is 68.2 Å². The normalized spacial score (nSPS) is 18.7. The molecule has 0 saturated heterocycles. The standard InChI is InChI=1S/C12H19N5.HI/c1-9(2)8-15-12(13)16-10-3-5-17-6-4-14-11(17)7-10;/h4,6,10H,1,3,5,7-8H2,2H3,(H3,13,15,16);1H. The van der Waals surface area contributed by atoms with Gasteiger partial charge in [0.2, 0.25) is 0 Å². The van der Waals surface area contributed by atoms with Crippen LogP contribution in [0.2, 0.25) is 0 Å². The molecule has 5 nitrogen and oxygen atoms in total. The summed E-state index contributed by atoms with van der Waals surface area (Å²) < 4.78 is 2.18. The number of imidazole rings is 1. The molecule has 2 rings (SSSR count). The number of nitrogens with two attached hydrogens (primary N) is 1. The Kier molecular flexibility index (Phi) is 5.64. The summed E-state index contributed by atoms with van der Waals surface area (Å²) in [6.45, 7) is 7.30. The van der Waals surface area contributed by atoms with E-state index in [1.807, 2.05) is 19.3 Å². The van der Waals surface area contributed by atoms with E-state index in [1.54, 1.807) is 0 Å². The van der Waals surface area contributed by atoms with Gasteiger partial charge in [0.1, 0.15) is 5.82 Å². The zero-order chi connectivity index (χ0) is 12.3. The molecule has 1 aromatic rings. The van der Waals surface area contributed by atoms with Gasteiger partial charge in [-0.1, -0.05) is 12.2 Å². The molecule has 2 heterocycles. The molecule has 0 bridgehead atoms. The molecule has 18 heavy (non-hydrogen) atoms. The van der Waals surface area contributed by atoms with E-state index >= 15 is 0 Å². The maximum Gasteiger partial charge on any atom is 0.189 e. The van der Waals surface area contributed by atoms with E-state index in [2.05, 4.69) is 26.4 Å². The SMILES string of the molecule is C=C(C)CN=C(N)NC1CCn2ccnc2C1.I. The van der Waals surface area contributed by atoms with Crippen molar-refractivity contribution in [3.63, 3.8) is 0 Å². The fourth-order valence-electron chi connectivity index (χ4n) is 1.95. The van der Waals surface area contributed by atoms with Crippen molar-refractivity contribution in [3.8, 4) is 0 Å². The highest BCUT2D eigenvalue weighted by atomic mass is 127. The van der Waals surface area contributed by atoms with Crippen LogP contribution >= 0.6 is 24.0 Å². The van der Waals surface area contributed by atoms with Crippen LogP contribution in [0.4, 0.5) is 0 Å². The zero-order valence-corrected chi connectivity index (χ0v) is 12.9. The van der Waals surface area contributed by atoms with Crippen LogP contribution in [-0.4, -0.2) is 28.1 Å². The van der Waals surface area contributed by atoms with E-state index in [1.165, 1.54) is 0 Å². The quantitative estimate of drug-likeness (QED) is 0.369. The van der Waals surface area contributed by atoms with Gasteiger partial charge in [-0.15, -0.1) is 24.0 Å². The van der Waals surface area contributed by atoms with Crippen molar-refractivity contribution < 1.29 is 0 Å². The predicted molar refractivity (Wildman–Crippen MR) is 84.2 cm³/mol. The molecular formula is C12H20IN5. The molecule has 0 aromatic carbocycles. The van der Waals surface area contributed by atoms with Gasteiger partial charge in [-0.3, -0.25) is 0 Å². The number of hydrogen-bond donors (Lipinski definition) is 2. The van der Waals surface area contributed by atoms with Crippen molar-refractivity contribution in [3.05, 3.63) is 30.4 Å². The average molecular weight is 361 g/mol. The van der Waals surface area contributed by atoms with Crippen LogP contribution in [0.5, 0.6) is 0 Å². The summed E-state index contributed by atoms with van der Waals surface area (Å²) in [7, 11) is 0. The predicted octanol–water partition coefficient (Wildman–Crippen LogP) is 1.30. The minimum absolute atomic E-state index is 0. The van der Waals surface area contributed by atoms with E-state index in [9.17, 15) is 0 Å². The van der Waals surface area contributed by atoms with E-state index in [4.69, 9.17) is 5.73 Å². The minimum atomic E-state index is 0. The third kappa shape index (κ3) is 4.01. The molecule has 0 spiro atoms. The third-order valence-corrected chi connectivity index (χ3v) is 2.82. The summed E-state index contributed by atoms with van der Waals surface area (Å²) >= 11 is 0. The van der Waals surface area contributed by atoms with Crippen LogP contribution < -0.4 is 11.1 Å². The molecule has 0 fully saturated rings. The summed E-state index contributed by atoms with van der Waals surface area (Å²) in [5.41, 5.74) is 6.83. The van der Waals surface area contributed by atoms with Gasteiger partial charge in [0.25, 0.3) is 0 Å². The molecule has 0 aliphatic carbocycles. The van der Waals surface area contributed by atoms with Gasteiger partial charge in [0.15, 0.2) is 5.96 Å². The lowest BCUT2D eigenvalue weighted by atomic mass is 10.1.